The molecule has 0 radical (unpaired) electrons. The highest BCUT2D eigenvalue weighted by atomic mass is 16.1. The average Bonchev–Trinajstić information content (AvgIpc) is 2.49. The van der Waals surface area contributed by atoms with Gasteiger partial charge in [0, 0.05) is 6.54 Å². The van der Waals surface area contributed by atoms with Gasteiger partial charge in [-0.2, -0.15) is 0 Å². The van der Waals surface area contributed by atoms with Crippen molar-refractivity contribution in [1.82, 2.24) is 14.9 Å². The van der Waals surface area contributed by atoms with Crippen LogP contribution in [-0.2, 0) is 6.54 Å². The fourth-order valence-electron chi connectivity index (χ4n) is 3.02. The Kier molecular flexibility index (Phi) is 3.83. The number of hydrogen-bond acceptors (Lipinski definition) is 3. The van der Waals surface area contributed by atoms with E-state index in [1.165, 1.54) is 12.8 Å². The SMILES string of the molecule is Cc1nc2ccccc2n(CCC2CCCNC2)c1=O. The van der Waals surface area contributed by atoms with E-state index in [0.29, 0.717) is 11.6 Å². The molecule has 0 aliphatic carbocycles. The summed E-state index contributed by atoms with van der Waals surface area (Å²) in [5.41, 5.74) is 2.50. The van der Waals surface area contributed by atoms with E-state index in [4.69, 9.17) is 0 Å². The third-order valence-corrected chi connectivity index (χ3v) is 4.18. The van der Waals surface area contributed by atoms with Crippen LogP contribution in [0.2, 0.25) is 0 Å². The lowest BCUT2D eigenvalue weighted by atomic mass is 9.96. The molecular formula is C16H21N3O. The van der Waals surface area contributed by atoms with Gasteiger partial charge in [0.05, 0.1) is 11.0 Å². The van der Waals surface area contributed by atoms with Gasteiger partial charge in [-0.05, 0) is 57.3 Å². The van der Waals surface area contributed by atoms with Crippen LogP contribution in [0, 0.1) is 12.8 Å². The maximum Gasteiger partial charge on any atom is 0.272 e. The van der Waals surface area contributed by atoms with Crippen LogP contribution in [0.3, 0.4) is 0 Å². The van der Waals surface area contributed by atoms with Crippen LogP contribution >= 0.6 is 0 Å². The van der Waals surface area contributed by atoms with Crippen LogP contribution < -0.4 is 10.9 Å². The third kappa shape index (κ3) is 2.61. The van der Waals surface area contributed by atoms with Crippen molar-refractivity contribution in [2.75, 3.05) is 13.1 Å². The van der Waals surface area contributed by atoms with Crippen molar-refractivity contribution < 1.29 is 0 Å². The molecule has 4 nitrogen and oxygen atoms in total. The summed E-state index contributed by atoms with van der Waals surface area (Å²) in [6.45, 7) is 4.80. The second-order valence-corrected chi connectivity index (χ2v) is 5.64. The fourth-order valence-corrected chi connectivity index (χ4v) is 3.02. The molecule has 0 bridgehead atoms. The molecule has 1 aliphatic heterocycles. The summed E-state index contributed by atoms with van der Waals surface area (Å²) in [6.07, 6.45) is 3.57. The number of fused-ring (bicyclic) bond motifs is 1. The van der Waals surface area contributed by atoms with Gasteiger partial charge < -0.3 is 9.88 Å². The second kappa shape index (κ2) is 5.75. The molecule has 1 aromatic heterocycles. The molecule has 20 heavy (non-hydrogen) atoms. The predicted molar refractivity (Wildman–Crippen MR) is 81.0 cm³/mol. The number of aromatic nitrogens is 2. The molecule has 1 atom stereocenters. The molecule has 2 aromatic rings. The van der Waals surface area contributed by atoms with Crippen molar-refractivity contribution in [1.29, 1.82) is 0 Å². The zero-order valence-electron chi connectivity index (χ0n) is 11.9. The van der Waals surface area contributed by atoms with E-state index in [2.05, 4.69) is 10.3 Å². The minimum absolute atomic E-state index is 0.0486. The first-order valence-corrected chi connectivity index (χ1v) is 7.42. The van der Waals surface area contributed by atoms with E-state index in [9.17, 15) is 4.79 Å². The summed E-state index contributed by atoms with van der Waals surface area (Å²) in [5, 5.41) is 3.43. The Bertz CT molecular complexity index is 656. The minimum atomic E-state index is 0.0486. The van der Waals surface area contributed by atoms with E-state index in [0.717, 1.165) is 37.1 Å². The van der Waals surface area contributed by atoms with Crippen molar-refractivity contribution in [2.24, 2.45) is 5.92 Å². The van der Waals surface area contributed by atoms with Crippen molar-refractivity contribution >= 4 is 11.0 Å². The Labute approximate surface area is 118 Å². The zero-order valence-corrected chi connectivity index (χ0v) is 11.9. The number of benzene rings is 1. The van der Waals surface area contributed by atoms with Crippen LogP contribution in [-0.4, -0.2) is 22.6 Å². The fraction of sp³-hybridized carbons (Fsp3) is 0.500. The number of aryl methyl sites for hydroxylation is 2. The number of hydrogen-bond donors (Lipinski definition) is 1. The Morgan fingerprint density at radius 1 is 1.40 bits per heavy atom. The molecule has 1 aromatic carbocycles. The van der Waals surface area contributed by atoms with E-state index in [-0.39, 0.29) is 5.56 Å². The number of rotatable bonds is 3. The van der Waals surface area contributed by atoms with Gasteiger partial charge in [0.15, 0.2) is 0 Å². The molecule has 0 amide bonds. The number of para-hydroxylation sites is 2. The summed E-state index contributed by atoms with van der Waals surface area (Å²) >= 11 is 0. The quantitative estimate of drug-likeness (QED) is 0.930. The van der Waals surface area contributed by atoms with E-state index >= 15 is 0 Å². The Morgan fingerprint density at radius 3 is 3.05 bits per heavy atom. The standard InChI is InChI=1S/C16H21N3O/c1-12-16(20)19(10-8-13-5-4-9-17-11-13)15-7-3-2-6-14(15)18-12/h2-3,6-7,13,17H,4-5,8-11H2,1H3. The number of piperidine rings is 1. The van der Waals surface area contributed by atoms with Crippen molar-refractivity contribution in [3.63, 3.8) is 0 Å². The highest BCUT2D eigenvalue weighted by molar-refractivity contribution is 5.74. The average molecular weight is 271 g/mol. The van der Waals surface area contributed by atoms with Crippen LogP contribution in [0.15, 0.2) is 29.1 Å². The Morgan fingerprint density at radius 2 is 2.25 bits per heavy atom. The van der Waals surface area contributed by atoms with Crippen molar-refractivity contribution in [3.05, 3.63) is 40.3 Å². The second-order valence-electron chi connectivity index (χ2n) is 5.64. The molecule has 1 unspecified atom stereocenters. The molecule has 0 spiro atoms. The van der Waals surface area contributed by atoms with Gasteiger partial charge in [-0.15, -0.1) is 0 Å². The van der Waals surface area contributed by atoms with Gasteiger partial charge in [0.25, 0.3) is 5.56 Å². The first-order valence-electron chi connectivity index (χ1n) is 7.42. The molecule has 1 fully saturated rings. The lowest BCUT2D eigenvalue weighted by Crippen LogP contribution is -2.32. The van der Waals surface area contributed by atoms with E-state index in [1.54, 1.807) is 6.92 Å². The molecule has 1 saturated heterocycles. The molecule has 0 saturated carbocycles. The van der Waals surface area contributed by atoms with Gasteiger partial charge in [0.2, 0.25) is 0 Å². The smallest absolute Gasteiger partial charge is 0.272 e. The largest absolute Gasteiger partial charge is 0.316 e. The molecule has 2 heterocycles. The highest BCUT2D eigenvalue weighted by Crippen LogP contribution is 2.16. The predicted octanol–water partition coefficient (Wildman–Crippen LogP) is 2.09. The molecule has 106 valence electrons. The zero-order chi connectivity index (χ0) is 13.9. The maximum atomic E-state index is 12.3. The maximum absolute atomic E-state index is 12.3. The first kappa shape index (κ1) is 13.3. The molecule has 1 aliphatic rings. The minimum Gasteiger partial charge on any atom is -0.316 e. The van der Waals surface area contributed by atoms with Gasteiger partial charge in [-0.1, -0.05) is 12.1 Å². The summed E-state index contributed by atoms with van der Waals surface area (Å²) in [6, 6.07) is 7.90. The van der Waals surface area contributed by atoms with Crippen molar-refractivity contribution in [2.45, 2.75) is 32.7 Å². The Hall–Kier alpha value is -1.68. The number of nitrogens with zero attached hydrogens (tertiary/aromatic N) is 2. The highest BCUT2D eigenvalue weighted by Gasteiger charge is 2.14. The van der Waals surface area contributed by atoms with E-state index in [1.807, 2.05) is 28.8 Å². The normalized spacial score (nSPS) is 19.4. The third-order valence-electron chi connectivity index (χ3n) is 4.18. The van der Waals surface area contributed by atoms with Gasteiger partial charge in [-0.25, -0.2) is 4.98 Å². The van der Waals surface area contributed by atoms with E-state index < -0.39 is 0 Å². The van der Waals surface area contributed by atoms with Crippen LogP contribution in [0.4, 0.5) is 0 Å². The van der Waals surface area contributed by atoms with Gasteiger partial charge in [-0.3, -0.25) is 4.79 Å². The summed E-state index contributed by atoms with van der Waals surface area (Å²) in [7, 11) is 0. The Balaban J connectivity index is 1.89. The lowest BCUT2D eigenvalue weighted by Gasteiger charge is -2.23. The number of nitrogens with one attached hydrogen (secondary N) is 1. The van der Waals surface area contributed by atoms with Crippen molar-refractivity contribution in [3.8, 4) is 0 Å². The lowest BCUT2D eigenvalue weighted by molar-refractivity contribution is 0.341. The van der Waals surface area contributed by atoms with Crippen LogP contribution in [0.1, 0.15) is 25.0 Å². The van der Waals surface area contributed by atoms with Crippen LogP contribution in [0.5, 0.6) is 0 Å². The summed E-state index contributed by atoms with van der Waals surface area (Å²) < 4.78 is 1.90. The van der Waals surface area contributed by atoms with Gasteiger partial charge >= 0.3 is 0 Å². The monoisotopic (exact) mass is 271 g/mol. The molecule has 4 heteroatoms. The topological polar surface area (TPSA) is 46.9 Å². The van der Waals surface area contributed by atoms with Crippen LogP contribution in [0.25, 0.3) is 11.0 Å². The summed E-state index contributed by atoms with van der Waals surface area (Å²) in [5.74, 6) is 0.683. The molecule has 1 N–H and O–H groups in total. The molecule has 3 rings (SSSR count). The molecular weight excluding hydrogens is 250 g/mol. The summed E-state index contributed by atoms with van der Waals surface area (Å²) in [4.78, 5) is 16.7. The van der Waals surface area contributed by atoms with Gasteiger partial charge in [0.1, 0.15) is 5.69 Å². The first-order chi connectivity index (χ1) is 9.75.